The van der Waals surface area contributed by atoms with Crippen LogP contribution in [0.5, 0.6) is 0 Å². The Morgan fingerprint density at radius 1 is 1.42 bits per heavy atom. The summed E-state index contributed by atoms with van der Waals surface area (Å²) in [6, 6.07) is 3.32. The van der Waals surface area contributed by atoms with Crippen LogP contribution in [0.2, 0.25) is 0 Å². The van der Waals surface area contributed by atoms with Gasteiger partial charge in [-0.15, -0.1) is 0 Å². The first-order valence-corrected chi connectivity index (χ1v) is 5.58. The topological polar surface area (TPSA) is 47.0 Å². The van der Waals surface area contributed by atoms with Gasteiger partial charge < -0.3 is 0 Å². The smallest absolute Gasteiger partial charge is 0.192 e. The van der Waals surface area contributed by atoms with Crippen LogP contribution in [0.3, 0.4) is 0 Å². The first-order chi connectivity index (χ1) is 5.54. The number of rotatable bonds is 2. The zero-order chi connectivity index (χ0) is 9.19. The van der Waals surface area contributed by atoms with Gasteiger partial charge in [-0.2, -0.15) is 0 Å². The van der Waals surface area contributed by atoms with E-state index in [-0.39, 0.29) is 5.03 Å². The molecule has 0 saturated carbocycles. The number of hydrogen-bond donors (Lipinski definition) is 0. The van der Waals surface area contributed by atoms with E-state index in [0.717, 1.165) is 18.2 Å². The zero-order valence-electron chi connectivity index (χ0n) is 7.11. The summed E-state index contributed by atoms with van der Waals surface area (Å²) in [7, 11) is -3.14. The molecule has 0 radical (unpaired) electrons. The van der Waals surface area contributed by atoms with Crippen molar-refractivity contribution in [2.24, 2.45) is 0 Å². The lowest BCUT2D eigenvalue weighted by Crippen LogP contribution is -2.00. The third-order valence-electron chi connectivity index (χ3n) is 1.59. The van der Waals surface area contributed by atoms with E-state index in [1.54, 1.807) is 12.3 Å². The molecule has 1 rings (SSSR count). The third kappa shape index (κ3) is 2.04. The Balaban J connectivity index is 3.09. The number of hydrogen-bond acceptors (Lipinski definition) is 3. The van der Waals surface area contributed by atoms with Crippen LogP contribution in [-0.4, -0.2) is 19.7 Å². The standard InChI is InChI=1S/C8H11NO2S/c1-3-7-4-5-8(9-6-7)12(2,10)11/h4-6H,3H2,1-2H3. The minimum absolute atomic E-state index is 0.139. The molecule has 0 amide bonds. The van der Waals surface area contributed by atoms with Crippen LogP contribution in [0.15, 0.2) is 23.4 Å². The maximum Gasteiger partial charge on any atom is 0.192 e. The Morgan fingerprint density at radius 3 is 2.42 bits per heavy atom. The van der Waals surface area contributed by atoms with Gasteiger partial charge in [-0.05, 0) is 18.1 Å². The fourth-order valence-corrected chi connectivity index (χ4v) is 1.40. The summed E-state index contributed by atoms with van der Waals surface area (Å²) in [6.07, 6.45) is 3.62. The number of sulfone groups is 1. The van der Waals surface area contributed by atoms with Gasteiger partial charge in [0, 0.05) is 12.5 Å². The Kier molecular flexibility index (Phi) is 2.47. The molecule has 0 N–H and O–H groups in total. The van der Waals surface area contributed by atoms with Crippen LogP contribution in [0.4, 0.5) is 0 Å². The Labute approximate surface area is 72.4 Å². The second kappa shape index (κ2) is 3.23. The second-order valence-corrected chi connectivity index (χ2v) is 4.59. The molecule has 0 saturated heterocycles. The summed E-state index contributed by atoms with van der Waals surface area (Å²) in [5, 5.41) is 0.139. The molecule has 0 aliphatic rings. The van der Waals surface area contributed by atoms with Gasteiger partial charge >= 0.3 is 0 Å². The predicted molar refractivity (Wildman–Crippen MR) is 46.7 cm³/mol. The molecule has 0 bridgehead atoms. The molecule has 1 heterocycles. The Hall–Kier alpha value is -0.900. The van der Waals surface area contributed by atoms with E-state index in [4.69, 9.17) is 0 Å². The maximum atomic E-state index is 11.0. The van der Waals surface area contributed by atoms with Crippen molar-refractivity contribution < 1.29 is 8.42 Å². The lowest BCUT2D eigenvalue weighted by Gasteiger charge is -1.97. The predicted octanol–water partition coefficient (Wildman–Crippen LogP) is 1.05. The summed E-state index contributed by atoms with van der Waals surface area (Å²) >= 11 is 0. The highest BCUT2D eigenvalue weighted by Crippen LogP contribution is 2.06. The van der Waals surface area contributed by atoms with Crippen molar-refractivity contribution in [3.8, 4) is 0 Å². The van der Waals surface area contributed by atoms with Crippen molar-refractivity contribution in [1.29, 1.82) is 0 Å². The summed E-state index contributed by atoms with van der Waals surface area (Å²) in [5.41, 5.74) is 1.04. The van der Waals surface area contributed by atoms with Gasteiger partial charge in [0.2, 0.25) is 0 Å². The monoisotopic (exact) mass is 185 g/mol. The van der Waals surface area contributed by atoms with Crippen LogP contribution in [0.1, 0.15) is 12.5 Å². The van der Waals surface area contributed by atoms with Gasteiger partial charge in [0.15, 0.2) is 14.9 Å². The van der Waals surface area contributed by atoms with Crippen molar-refractivity contribution in [2.75, 3.05) is 6.26 Å². The minimum Gasteiger partial charge on any atom is -0.244 e. The molecule has 0 aliphatic carbocycles. The number of pyridine rings is 1. The average Bonchev–Trinajstić information content (AvgIpc) is 2.03. The van der Waals surface area contributed by atoms with Gasteiger partial charge in [0.25, 0.3) is 0 Å². The van der Waals surface area contributed by atoms with E-state index in [0.29, 0.717) is 0 Å². The van der Waals surface area contributed by atoms with Gasteiger partial charge in [-0.25, -0.2) is 13.4 Å². The minimum atomic E-state index is -3.14. The van der Waals surface area contributed by atoms with Crippen molar-refractivity contribution in [3.05, 3.63) is 23.9 Å². The van der Waals surface area contributed by atoms with Crippen molar-refractivity contribution in [3.63, 3.8) is 0 Å². The largest absolute Gasteiger partial charge is 0.244 e. The van der Waals surface area contributed by atoms with Crippen molar-refractivity contribution in [2.45, 2.75) is 18.4 Å². The van der Waals surface area contributed by atoms with Crippen LogP contribution >= 0.6 is 0 Å². The van der Waals surface area contributed by atoms with Crippen LogP contribution in [-0.2, 0) is 16.3 Å². The van der Waals surface area contributed by atoms with Crippen molar-refractivity contribution >= 4 is 9.84 Å². The highest BCUT2D eigenvalue weighted by molar-refractivity contribution is 7.90. The Morgan fingerprint density at radius 2 is 2.08 bits per heavy atom. The molecule has 0 spiro atoms. The fraction of sp³-hybridized carbons (Fsp3) is 0.375. The van der Waals surface area contributed by atoms with Crippen LogP contribution in [0.25, 0.3) is 0 Å². The van der Waals surface area contributed by atoms with Gasteiger partial charge in [0.1, 0.15) is 0 Å². The SMILES string of the molecule is CCc1ccc(S(C)(=O)=O)nc1. The van der Waals surface area contributed by atoms with Crippen LogP contribution in [0, 0.1) is 0 Å². The molecule has 0 aliphatic heterocycles. The quantitative estimate of drug-likeness (QED) is 0.691. The lowest BCUT2D eigenvalue weighted by molar-refractivity contribution is 0.598. The molecule has 0 aromatic carbocycles. The number of aryl methyl sites for hydroxylation is 1. The molecule has 66 valence electrons. The highest BCUT2D eigenvalue weighted by Gasteiger charge is 2.06. The van der Waals surface area contributed by atoms with Gasteiger partial charge in [-0.3, -0.25) is 0 Å². The van der Waals surface area contributed by atoms with E-state index < -0.39 is 9.84 Å². The molecule has 4 heteroatoms. The normalized spacial score (nSPS) is 11.5. The van der Waals surface area contributed by atoms with E-state index in [1.807, 2.05) is 6.92 Å². The molecular weight excluding hydrogens is 174 g/mol. The Bertz CT molecular complexity index is 353. The van der Waals surface area contributed by atoms with Gasteiger partial charge in [-0.1, -0.05) is 13.0 Å². The molecule has 0 atom stereocenters. The summed E-state index contributed by atoms with van der Waals surface area (Å²) < 4.78 is 21.9. The number of nitrogens with zero attached hydrogens (tertiary/aromatic N) is 1. The summed E-state index contributed by atoms with van der Waals surface area (Å²) in [4.78, 5) is 3.83. The molecule has 12 heavy (non-hydrogen) atoms. The average molecular weight is 185 g/mol. The van der Waals surface area contributed by atoms with Gasteiger partial charge in [0.05, 0.1) is 0 Å². The number of aromatic nitrogens is 1. The van der Waals surface area contributed by atoms with Crippen molar-refractivity contribution in [1.82, 2.24) is 4.98 Å². The third-order valence-corrected chi connectivity index (χ3v) is 2.59. The summed E-state index contributed by atoms with van der Waals surface area (Å²) in [5.74, 6) is 0. The van der Waals surface area contributed by atoms with E-state index in [9.17, 15) is 8.42 Å². The molecule has 3 nitrogen and oxygen atoms in total. The van der Waals surface area contributed by atoms with E-state index in [2.05, 4.69) is 4.98 Å². The first-order valence-electron chi connectivity index (χ1n) is 3.69. The molecule has 1 aromatic heterocycles. The molecule has 1 aromatic rings. The second-order valence-electron chi connectivity index (χ2n) is 2.63. The highest BCUT2D eigenvalue weighted by atomic mass is 32.2. The van der Waals surface area contributed by atoms with E-state index >= 15 is 0 Å². The zero-order valence-corrected chi connectivity index (χ0v) is 7.93. The molecule has 0 fully saturated rings. The first kappa shape index (κ1) is 9.19. The fourth-order valence-electron chi connectivity index (χ4n) is 0.839. The lowest BCUT2D eigenvalue weighted by atomic mass is 10.2. The maximum absolute atomic E-state index is 11.0. The van der Waals surface area contributed by atoms with E-state index in [1.165, 1.54) is 6.07 Å². The summed E-state index contributed by atoms with van der Waals surface area (Å²) in [6.45, 7) is 2.00. The molecule has 0 unspecified atom stereocenters. The van der Waals surface area contributed by atoms with Crippen LogP contribution < -0.4 is 0 Å². The molecular formula is C8H11NO2S.